The molecule has 23 heavy (non-hydrogen) atoms. The highest BCUT2D eigenvalue weighted by molar-refractivity contribution is 5.74. The Labute approximate surface area is 134 Å². The maximum atomic E-state index is 12.4. The Hall–Kier alpha value is -2.05. The third kappa shape index (κ3) is 2.92. The Balaban J connectivity index is 2.23. The van der Waals surface area contributed by atoms with Gasteiger partial charge in [-0.25, -0.2) is 4.79 Å². The van der Waals surface area contributed by atoms with Crippen LogP contribution < -0.4 is 16.1 Å². The Morgan fingerprint density at radius 1 is 1.13 bits per heavy atom. The van der Waals surface area contributed by atoms with Crippen molar-refractivity contribution in [1.82, 2.24) is 19.1 Å². The standard InChI is InChI=1S/C16H25N5O2/c1-11(2)10-21-12-13(19(3)16(23)18-14(12)22)17-15(21)20-8-6-4-5-7-9-20/h11H,4-10H2,1-3H3,(H,18,22,23). The fourth-order valence-corrected chi connectivity index (χ4v) is 3.27. The number of H-pyrrole nitrogens is 1. The van der Waals surface area contributed by atoms with Crippen LogP contribution >= 0.6 is 0 Å². The number of imidazole rings is 1. The summed E-state index contributed by atoms with van der Waals surface area (Å²) in [5, 5.41) is 0. The molecule has 1 aliphatic heterocycles. The van der Waals surface area contributed by atoms with E-state index in [1.165, 1.54) is 17.4 Å². The monoisotopic (exact) mass is 319 g/mol. The number of hydrogen-bond donors (Lipinski definition) is 1. The average molecular weight is 319 g/mol. The Morgan fingerprint density at radius 2 is 1.78 bits per heavy atom. The first-order chi connectivity index (χ1) is 11.0. The van der Waals surface area contributed by atoms with Gasteiger partial charge in [-0.3, -0.25) is 14.3 Å². The molecule has 1 saturated heterocycles. The van der Waals surface area contributed by atoms with Crippen LogP contribution in [0.2, 0.25) is 0 Å². The van der Waals surface area contributed by atoms with E-state index in [4.69, 9.17) is 0 Å². The topological polar surface area (TPSA) is 75.9 Å². The molecule has 1 fully saturated rings. The largest absolute Gasteiger partial charge is 0.342 e. The predicted molar refractivity (Wildman–Crippen MR) is 91.1 cm³/mol. The molecule has 1 aliphatic rings. The van der Waals surface area contributed by atoms with Gasteiger partial charge in [0.1, 0.15) is 0 Å². The summed E-state index contributed by atoms with van der Waals surface area (Å²) < 4.78 is 3.42. The third-order valence-corrected chi connectivity index (χ3v) is 4.42. The fourth-order valence-electron chi connectivity index (χ4n) is 3.27. The lowest BCUT2D eigenvalue weighted by atomic mass is 10.2. The van der Waals surface area contributed by atoms with Gasteiger partial charge in [0.05, 0.1) is 0 Å². The summed E-state index contributed by atoms with van der Waals surface area (Å²) in [5.41, 5.74) is 0.204. The molecule has 0 aromatic carbocycles. The first-order valence-electron chi connectivity index (χ1n) is 8.43. The molecule has 7 heteroatoms. The molecule has 0 amide bonds. The fraction of sp³-hybridized carbons (Fsp3) is 0.688. The highest BCUT2D eigenvalue weighted by Gasteiger charge is 2.22. The molecule has 0 atom stereocenters. The summed E-state index contributed by atoms with van der Waals surface area (Å²) in [4.78, 5) is 33.6. The SMILES string of the molecule is CC(C)Cn1c(N2CCCCCC2)nc2c1c(=O)[nH]c(=O)n2C. The van der Waals surface area contributed by atoms with Crippen LogP contribution in [0.4, 0.5) is 5.95 Å². The summed E-state index contributed by atoms with van der Waals surface area (Å²) in [5.74, 6) is 1.21. The van der Waals surface area contributed by atoms with E-state index < -0.39 is 5.69 Å². The maximum absolute atomic E-state index is 12.4. The lowest BCUT2D eigenvalue weighted by molar-refractivity contribution is 0.526. The van der Waals surface area contributed by atoms with E-state index in [-0.39, 0.29) is 5.56 Å². The molecule has 0 aliphatic carbocycles. The van der Waals surface area contributed by atoms with Crippen LogP contribution in [0.25, 0.3) is 11.2 Å². The van der Waals surface area contributed by atoms with Crippen molar-refractivity contribution in [3.8, 4) is 0 Å². The van der Waals surface area contributed by atoms with E-state index in [0.29, 0.717) is 23.6 Å². The van der Waals surface area contributed by atoms with Crippen molar-refractivity contribution in [2.24, 2.45) is 13.0 Å². The van der Waals surface area contributed by atoms with Crippen molar-refractivity contribution in [1.29, 1.82) is 0 Å². The molecule has 0 radical (unpaired) electrons. The molecule has 3 rings (SSSR count). The zero-order valence-corrected chi connectivity index (χ0v) is 14.1. The minimum Gasteiger partial charge on any atom is -0.342 e. The highest BCUT2D eigenvalue weighted by Crippen LogP contribution is 2.23. The minimum atomic E-state index is -0.417. The first-order valence-corrected chi connectivity index (χ1v) is 8.43. The number of rotatable bonds is 3. The maximum Gasteiger partial charge on any atom is 0.329 e. The van der Waals surface area contributed by atoms with Crippen molar-refractivity contribution in [3.05, 3.63) is 20.8 Å². The normalized spacial score (nSPS) is 16.3. The van der Waals surface area contributed by atoms with Gasteiger partial charge in [-0.05, 0) is 18.8 Å². The molecule has 0 saturated carbocycles. The highest BCUT2D eigenvalue weighted by atomic mass is 16.2. The van der Waals surface area contributed by atoms with E-state index in [0.717, 1.165) is 31.9 Å². The number of anilines is 1. The number of aromatic amines is 1. The first kappa shape index (κ1) is 15.8. The number of hydrogen-bond acceptors (Lipinski definition) is 4. The van der Waals surface area contributed by atoms with Gasteiger partial charge in [0, 0.05) is 26.7 Å². The van der Waals surface area contributed by atoms with Crippen molar-refractivity contribution in [2.75, 3.05) is 18.0 Å². The molecule has 126 valence electrons. The molecule has 0 unspecified atom stereocenters. The van der Waals surface area contributed by atoms with E-state index in [9.17, 15) is 9.59 Å². The van der Waals surface area contributed by atoms with Crippen molar-refractivity contribution >= 4 is 17.1 Å². The molecular weight excluding hydrogens is 294 g/mol. The lowest BCUT2D eigenvalue weighted by Crippen LogP contribution is -2.30. The Bertz CT molecular complexity index is 806. The van der Waals surface area contributed by atoms with E-state index >= 15 is 0 Å². The smallest absolute Gasteiger partial charge is 0.329 e. The van der Waals surface area contributed by atoms with Crippen LogP contribution in [0, 0.1) is 5.92 Å². The van der Waals surface area contributed by atoms with Crippen LogP contribution in [0.3, 0.4) is 0 Å². The van der Waals surface area contributed by atoms with Crippen LogP contribution in [-0.4, -0.2) is 32.2 Å². The van der Waals surface area contributed by atoms with Crippen molar-refractivity contribution in [2.45, 2.75) is 46.1 Å². The van der Waals surface area contributed by atoms with Gasteiger partial charge in [0.15, 0.2) is 11.2 Å². The number of nitrogens with zero attached hydrogens (tertiary/aromatic N) is 4. The third-order valence-electron chi connectivity index (χ3n) is 4.42. The average Bonchev–Trinajstić information content (AvgIpc) is 2.69. The summed E-state index contributed by atoms with van der Waals surface area (Å²) in [6, 6.07) is 0. The van der Waals surface area contributed by atoms with Gasteiger partial charge in [0.25, 0.3) is 5.56 Å². The molecule has 2 aromatic heterocycles. The van der Waals surface area contributed by atoms with Crippen LogP contribution in [0.1, 0.15) is 39.5 Å². The summed E-state index contributed by atoms with van der Waals surface area (Å²) in [6.07, 6.45) is 4.75. The predicted octanol–water partition coefficient (Wildman–Crippen LogP) is 1.46. The second-order valence-corrected chi connectivity index (χ2v) is 6.81. The minimum absolute atomic E-state index is 0.350. The zero-order valence-electron chi connectivity index (χ0n) is 14.1. The molecule has 0 bridgehead atoms. The van der Waals surface area contributed by atoms with Gasteiger partial charge in [-0.1, -0.05) is 26.7 Å². The van der Waals surface area contributed by atoms with Crippen molar-refractivity contribution in [3.63, 3.8) is 0 Å². The van der Waals surface area contributed by atoms with Gasteiger partial charge in [-0.2, -0.15) is 4.98 Å². The van der Waals surface area contributed by atoms with Gasteiger partial charge < -0.3 is 9.47 Å². The number of aryl methyl sites for hydroxylation is 1. The second-order valence-electron chi connectivity index (χ2n) is 6.81. The number of aromatic nitrogens is 4. The van der Waals surface area contributed by atoms with Crippen LogP contribution in [0.5, 0.6) is 0 Å². The second kappa shape index (κ2) is 6.22. The molecule has 2 aromatic rings. The zero-order chi connectivity index (χ0) is 16.6. The lowest BCUT2D eigenvalue weighted by Gasteiger charge is -2.23. The quantitative estimate of drug-likeness (QED) is 0.929. The summed E-state index contributed by atoms with van der Waals surface area (Å²) in [7, 11) is 1.65. The molecule has 3 heterocycles. The van der Waals surface area contributed by atoms with Gasteiger partial charge >= 0.3 is 5.69 Å². The van der Waals surface area contributed by atoms with Gasteiger partial charge in [-0.15, -0.1) is 0 Å². The van der Waals surface area contributed by atoms with Crippen LogP contribution in [0.15, 0.2) is 9.59 Å². The van der Waals surface area contributed by atoms with Crippen LogP contribution in [-0.2, 0) is 13.6 Å². The van der Waals surface area contributed by atoms with E-state index in [2.05, 4.69) is 28.7 Å². The molecule has 7 nitrogen and oxygen atoms in total. The Kier molecular flexibility index (Phi) is 4.28. The summed E-state index contributed by atoms with van der Waals surface area (Å²) in [6.45, 7) is 6.85. The summed E-state index contributed by atoms with van der Waals surface area (Å²) >= 11 is 0. The van der Waals surface area contributed by atoms with Crippen molar-refractivity contribution < 1.29 is 0 Å². The molecular formula is C16H25N5O2. The number of nitrogens with one attached hydrogen (secondary N) is 1. The van der Waals surface area contributed by atoms with E-state index in [1.807, 2.05) is 4.57 Å². The number of fused-ring (bicyclic) bond motifs is 1. The molecule has 1 N–H and O–H groups in total. The molecule has 0 spiro atoms. The Morgan fingerprint density at radius 3 is 2.39 bits per heavy atom. The van der Waals surface area contributed by atoms with E-state index in [1.54, 1.807) is 7.05 Å². The van der Waals surface area contributed by atoms with Gasteiger partial charge in [0.2, 0.25) is 5.95 Å².